The van der Waals surface area contributed by atoms with E-state index in [1.54, 1.807) is 6.07 Å². The van der Waals surface area contributed by atoms with Gasteiger partial charge in [-0.25, -0.2) is 0 Å². The number of halogens is 1. The van der Waals surface area contributed by atoms with Crippen molar-refractivity contribution in [1.29, 1.82) is 5.26 Å². The second kappa shape index (κ2) is 5.55. The summed E-state index contributed by atoms with van der Waals surface area (Å²) in [6, 6.07) is 17.6. The Labute approximate surface area is 131 Å². The number of nitriles is 1. The number of benzene rings is 2. The Morgan fingerprint density at radius 2 is 1.95 bits per heavy atom. The molecular weight excluding hydrogens is 326 g/mol. The zero-order valence-electron chi connectivity index (χ0n) is 11.4. The van der Waals surface area contributed by atoms with Crippen LogP contribution in [0.3, 0.4) is 0 Å². The van der Waals surface area contributed by atoms with Gasteiger partial charge in [0.1, 0.15) is 0 Å². The van der Waals surface area contributed by atoms with Gasteiger partial charge in [0.15, 0.2) is 0 Å². The summed E-state index contributed by atoms with van der Waals surface area (Å²) in [5, 5.41) is 13.4. The van der Waals surface area contributed by atoms with Crippen LogP contribution in [0.25, 0.3) is 10.9 Å². The predicted molar refractivity (Wildman–Crippen MR) is 88.6 cm³/mol. The lowest BCUT2D eigenvalue weighted by atomic mass is 10.1. The highest BCUT2D eigenvalue weighted by Crippen LogP contribution is 2.30. The van der Waals surface area contributed by atoms with E-state index in [1.165, 1.54) is 0 Å². The Kier molecular flexibility index (Phi) is 3.59. The molecule has 0 aliphatic rings. The number of para-hydroxylation sites is 1. The molecule has 0 aliphatic heterocycles. The maximum Gasteiger partial charge on any atom is 0.0992 e. The van der Waals surface area contributed by atoms with Crippen LogP contribution in [0.15, 0.2) is 53.0 Å². The number of hydrogen-bond acceptors (Lipinski definition) is 3. The van der Waals surface area contributed by atoms with Crippen molar-refractivity contribution in [2.24, 2.45) is 0 Å². The zero-order valence-corrected chi connectivity index (χ0v) is 13.0. The molecule has 102 valence electrons. The Balaban J connectivity index is 2.12. The van der Waals surface area contributed by atoms with Crippen molar-refractivity contribution in [2.45, 2.75) is 6.92 Å². The van der Waals surface area contributed by atoms with Crippen molar-refractivity contribution in [3.05, 3.63) is 64.3 Å². The second-order valence-corrected chi connectivity index (χ2v) is 5.62. The van der Waals surface area contributed by atoms with Gasteiger partial charge in [-0.3, -0.25) is 4.98 Å². The van der Waals surface area contributed by atoms with Gasteiger partial charge in [0.05, 0.1) is 17.1 Å². The monoisotopic (exact) mass is 337 g/mol. The summed E-state index contributed by atoms with van der Waals surface area (Å²) in [7, 11) is 0. The van der Waals surface area contributed by atoms with Crippen LogP contribution >= 0.6 is 15.9 Å². The Bertz CT molecular complexity index is 866. The van der Waals surface area contributed by atoms with Crippen LogP contribution in [0.2, 0.25) is 0 Å². The molecule has 0 saturated carbocycles. The second-order valence-electron chi connectivity index (χ2n) is 4.76. The number of aryl methyl sites for hydroxylation is 1. The van der Waals surface area contributed by atoms with Crippen LogP contribution < -0.4 is 5.32 Å². The molecule has 0 spiro atoms. The van der Waals surface area contributed by atoms with Crippen molar-refractivity contribution in [3.8, 4) is 6.07 Å². The average molecular weight is 338 g/mol. The zero-order chi connectivity index (χ0) is 14.8. The fourth-order valence-electron chi connectivity index (χ4n) is 2.27. The van der Waals surface area contributed by atoms with E-state index in [9.17, 15) is 0 Å². The van der Waals surface area contributed by atoms with Crippen LogP contribution in [-0.4, -0.2) is 4.98 Å². The Morgan fingerprint density at radius 1 is 1.14 bits per heavy atom. The first-order chi connectivity index (χ1) is 10.2. The summed E-state index contributed by atoms with van der Waals surface area (Å²) in [6.45, 7) is 1.97. The Hall–Kier alpha value is -2.38. The highest BCUT2D eigenvalue weighted by atomic mass is 79.9. The number of anilines is 2. The standard InChI is InChI=1S/C17H12BrN3/c1-11-8-16(14-6-3-7-15(18)17(14)20-11)21-13-5-2-4-12(9-13)10-19/h2-9H,1H3,(H,20,21). The van der Waals surface area contributed by atoms with Crippen molar-refractivity contribution in [3.63, 3.8) is 0 Å². The van der Waals surface area contributed by atoms with E-state index in [2.05, 4.69) is 32.3 Å². The van der Waals surface area contributed by atoms with Crippen LogP contribution in [0.4, 0.5) is 11.4 Å². The van der Waals surface area contributed by atoms with Crippen molar-refractivity contribution in [2.75, 3.05) is 5.32 Å². The average Bonchev–Trinajstić information content (AvgIpc) is 2.48. The first-order valence-electron chi connectivity index (χ1n) is 6.50. The topological polar surface area (TPSA) is 48.7 Å². The number of nitrogens with zero attached hydrogens (tertiary/aromatic N) is 2. The van der Waals surface area contributed by atoms with E-state index in [-0.39, 0.29) is 0 Å². The summed E-state index contributed by atoms with van der Waals surface area (Å²) in [5.41, 5.74) is 4.37. The van der Waals surface area contributed by atoms with Crippen molar-refractivity contribution < 1.29 is 0 Å². The van der Waals surface area contributed by atoms with E-state index >= 15 is 0 Å². The molecule has 1 N–H and O–H groups in total. The van der Waals surface area contributed by atoms with Gasteiger partial charge in [-0.2, -0.15) is 5.26 Å². The lowest BCUT2D eigenvalue weighted by Crippen LogP contribution is -1.95. The molecule has 2 aromatic carbocycles. The van der Waals surface area contributed by atoms with E-state index in [4.69, 9.17) is 5.26 Å². The van der Waals surface area contributed by atoms with E-state index in [1.807, 2.05) is 49.4 Å². The Morgan fingerprint density at radius 3 is 2.76 bits per heavy atom. The minimum atomic E-state index is 0.635. The van der Waals surface area contributed by atoms with E-state index in [0.717, 1.165) is 32.4 Å². The summed E-state index contributed by atoms with van der Waals surface area (Å²) in [4.78, 5) is 4.57. The SMILES string of the molecule is Cc1cc(Nc2cccc(C#N)c2)c2cccc(Br)c2n1. The molecule has 3 aromatic rings. The molecule has 0 radical (unpaired) electrons. The smallest absolute Gasteiger partial charge is 0.0992 e. The summed E-state index contributed by atoms with van der Waals surface area (Å²) >= 11 is 3.54. The molecule has 3 nitrogen and oxygen atoms in total. The third-order valence-corrected chi connectivity index (χ3v) is 3.83. The third kappa shape index (κ3) is 2.74. The maximum absolute atomic E-state index is 8.99. The molecule has 0 amide bonds. The molecule has 0 aliphatic carbocycles. The maximum atomic E-state index is 8.99. The quantitative estimate of drug-likeness (QED) is 0.721. The van der Waals surface area contributed by atoms with E-state index < -0.39 is 0 Å². The largest absolute Gasteiger partial charge is 0.355 e. The van der Waals surface area contributed by atoms with Gasteiger partial charge in [0, 0.05) is 26.9 Å². The molecule has 0 bridgehead atoms. The minimum Gasteiger partial charge on any atom is -0.355 e. The summed E-state index contributed by atoms with van der Waals surface area (Å²) < 4.78 is 0.970. The third-order valence-electron chi connectivity index (χ3n) is 3.19. The van der Waals surface area contributed by atoms with Crippen molar-refractivity contribution >= 4 is 38.2 Å². The summed E-state index contributed by atoms with van der Waals surface area (Å²) in [5.74, 6) is 0. The number of rotatable bonds is 2. The molecule has 0 unspecified atom stereocenters. The molecule has 21 heavy (non-hydrogen) atoms. The van der Waals surface area contributed by atoms with Crippen LogP contribution in [0.1, 0.15) is 11.3 Å². The van der Waals surface area contributed by atoms with Gasteiger partial charge in [-0.05, 0) is 53.2 Å². The highest BCUT2D eigenvalue weighted by Gasteiger charge is 2.07. The number of pyridine rings is 1. The molecule has 0 fully saturated rings. The van der Waals surface area contributed by atoms with Crippen molar-refractivity contribution in [1.82, 2.24) is 4.98 Å². The minimum absolute atomic E-state index is 0.635. The van der Waals surface area contributed by atoms with E-state index in [0.29, 0.717) is 5.56 Å². The van der Waals surface area contributed by atoms with Gasteiger partial charge in [0.25, 0.3) is 0 Å². The van der Waals surface area contributed by atoms with Gasteiger partial charge in [-0.15, -0.1) is 0 Å². The van der Waals surface area contributed by atoms with Crippen LogP contribution in [0, 0.1) is 18.3 Å². The molecule has 0 atom stereocenters. The summed E-state index contributed by atoms with van der Waals surface area (Å²) in [6.07, 6.45) is 0. The van der Waals surface area contributed by atoms with Gasteiger partial charge in [-0.1, -0.05) is 18.2 Å². The molecule has 3 rings (SSSR count). The van der Waals surface area contributed by atoms with Crippen LogP contribution in [-0.2, 0) is 0 Å². The number of hydrogen-bond donors (Lipinski definition) is 1. The van der Waals surface area contributed by atoms with Gasteiger partial charge < -0.3 is 5.32 Å². The molecule has 1 aromatic heterocycles. The number of fused-ring (bicyclic) bond motifs is 1. The van der Waals surface area contributed by atoms with Gasteiger partial charge >= 0.3 is 0 Å². The lowest BCUT2D eigenvalue weighted by Gasteiger charge is -2.11. The van der Waals surface area contributed by atoms with Gasteiger partial charge in [0.2, 0.25) is 0 Å². The molecular formula is C17H12BrN3. The molecule has 1 heterocycles. The fraction of sp³-hybridized carbons (Fsp3) is 0.0588. The first-order valence-corrected chi connectivity index (χ1v) is 7.30. The normalized spacial score (nSPS) is 10.3. The predicted octanol–water partition coefficient (Wildman–Crippen LogP) is 4.92. The number of aromatic nitrogens is 1. The molecule has 4 heteroatoms. The molecule has 0 saturated heterocycles. The number of nitrogens with one attached hydrogen (secondary N) is 1. The fourth-order valence-corrected chi connectivity index (χ4v) is 2.72. The lowest BCUT2D eigenvalue weighted by molar-refractivity contribution is 1.25. The van der Waals surface area contributed by atoms with Crippen LogP contribution in [0.5, 0.6) is 0 Å². The first kappa shape index (κ1) is 13.6. The highest BCUT2D eigenvalue weighted by molar-refractivity contribution is 9.10.